The fraction of sp³-hybridized carbons (Fsp3) is 0.773. The van der Waals surface area contributed by atoms with Gasteiger partial charge in [0.05, 0.1) is 6.07 Å². The number of ketones is 1. The van der Waals surface area contributed by atoms with Crippen molar-refractivity contribution in [1.82, 2.24) is 0 Å². The van der Waals surface area contributed by atoms with Gasteiger partial charge in [0.2, 0.25) is 0 Å². The highest BCUT2D eigenvalue weighted by atomic mass is 16.5. The number of carbonyl (C=O) groups is 2. The summed E-state index contributed by atoms with van der Waals surface area (Å²) in [5, 5.41) is 9.41. The molecule has 4 heteroatoms. The highest BCUT2D eigenvalue weighted by Gasteiger charge is 2.56. The Balaban J connectivity index is 1.89. The van der Waals surface area contributed by atoms with E-state index in [1.807, 2.05) is 0 Å². The molecule has 3 aliphatic carbocycles. The first-order valence-electron chi connectivity index (χ1n) is 9.97. The highest BCUT2D eigenvalue weighted by Crippen LogP contribution is 2.62. The minimum Gasteiger partial charge on any atom is -0.462 e. The number of ether oxygens (including phenoxy) is 1. The molecule has 2 fully saturated rings. The van der Waals surface area contributed by atoms with Crippen LogP contribution in [0.15, 0.2) is 11.6 Å². The summed E-state index contributed by atoms with van der Waals surface area (Å²) in [5.74, 6) is 1.10. The number of esters is 1. The Bertz CT molecular complexity index is 675. The predicted molar refractivity (Wildman–Crippen MR) is 98.9 cm³/mol. The average Bonchev–Trinajstić information content (AvgIpc) is 2.57. The van der Waals surface area contributed by atoms with Crippen molar-refractivity contribution in [2.45, 2.75) is 78.7 Å². The maximum atomic E-state index is 12.4. The molecule has 142 valence electrons. The molecule has 3 aliphatic rings. The molecule has 0 N–H and O–H groups in total. The molecule has 6 atom stereocenters. The number of hydrogen-bond acceptors (Lipinski definition) is 4. The number of fused-ring (bicyclic) bond motifs is 3. The molecule has 0 unspecified atom stereocenters. The lowest BCUT2D eigenvalue weighted by Crippen LogP contribution is -2.52. The second-order valence-corrected chi connectivity index (χ2v) is 9.11. The summed E-state index contributed by atoms with van der Waals surface area (Å²) in [6, 6.07) is 2.36. The van der Waals surface area contributed by atoms with Gasteiger partial charge in [0, 0.05) is 25.2 Å². The highest BCUT2D eigenvalue weighted by molar-refractivity contribution is 5.82. The van der Waals surface area contributed by atoms with Gasteiger partial charge in [0.1, 0.15) is 11.9 Å². The van der Waals surface area contributed by atoms with Crippen molar-refractivity contribution in [2.75, 3.05) is 0 Å². The number of nitrogens with zero attached hydrogens (tertiary/aromatic N) is 1. The zero-order chi connectivity index (χ0) is 19.1. The van der Waals surface area contributed by atoms with Crippen molar-refractivity contribution < 1.29 is 14.3 Å². The second-order valence-electron chi connectivity index (χ2n) is 9.11. The van der Waals surface area contributed by atoms with Crippen LogP contribution in [0.2, 0.25) is 0 Å². The second kappa shape index (κ2) is 6.83. The van der Waals surface area contributed by atoms with Crippen LogP contribution >= 0.6 is 0 Å². The number of rotatable bonds is 3. The molecule has 0 amide bonds. The van der Waals surface area contributed by atoms with Crippen LogP contribution in [0.3, 0.4) is 0 Å². The summed E-state index contributed by atoms with van der Waals surface area (Å²) < 4.78 is 5.48. The molecular formula is C22H31NO3. The van der Waals surface area contributed by atoms with Gasteiger partial charge < -0.3 is 4.74 Å². The predicted octanol–water partition coefficient (Wildman–Crippen LogP) is 4.59. The normalized spacial score (nSPS) is 41.9. The molecule has 0 spiro atoms. The molecule has 0 aromatic heterocycles. The molecule has 0 heterocycles. The summed E-state index contributed by atoms with van der Waals surface area (Å²) in [6.07, 6.45) is 8.45. The zero-order valence-electron chi connectivity index (χ0n) is 16.5. The quantitative estimate of drug-likeness (QED) is 0.547. The Morgan fingerprint density at radius 3 is 2.62 bits per heavy atom. The molecule has 0 aliphatic heterocycles. The van der Waals surface area contributed by atoms with Gasteiger partial charge >= 0.3 is 5.97 Å². The molecule has 0 aromatic carbocycles. The van der Waals surface area contributed by atoms with E-state index in [1.54, 1.807) is 6.92 Å². The minimum absolute atomic E-state index is 0.00403. The van der Waals surface area contributed by atoms with Crippen molar-refractivity contribution in [2.24, 2.45) is 28.6 Å². The van der Waals surface area contributed by atoms with Gasteiger partial charge in [0.25, 0.3) is 0 Å². The van der Waals surface area contributed by atoms with Crippen LogP contribution in [0.1, 0.15) is 72.6 Å². The molecular weight excluding hydrogens is 326 g/mol. The number of nitriles is 1. The largest absolute Gasteiger partial charge is 0.462 e. The van der Waals surface area contributed by atoms with E-state index < -0.39 is 0 Å². The number of allylic oxidation sites excluding steroid dienone is 1. The van der Waals surface area contributed by atoms with Crippen LogP contribution in [0.4, 0.5) is 0 Å². The third-order valence-electron chi connectivity index (χ3n) is 7.90. The number of hydrogen-bond donors (Lipinski definition) is 0. The number of Topliss-reactive ketones (excluding diaryl/α,β-unsaturated/α-hetero) is 1. The first-order chi connectivity index (χ1) is 12.2. The summed E-state index contributed by atoms with van der Waals surface area (Å²) in [4.78, 5) is 23.7. The van der Waals surface area contributed by atoms with Crippen LogP contribution in [-0.4, -0.2) is 17.9 Å². The SMILES string of the molecule is CC(=O)O[C@H]1CC[C@@]2(C)C(=CC[C@@H]3[C@@H]2CC[C@](C)(C(C)=O)[C@H]3CC#N)C1. The van der Waals surface area contributed by atoms with Crippen molar-refractivity contribution in [3.05, 3.63) is 11.6 Å². The summed E-state index contributed by atoms with van der Waals surface area (Å²) in [6.45, 7) is 7.61. The maximum Gasteiger partial charge on any atom is 0.302 e. The third kappa shape index (κ3) is 3.00. The Kier molecular flexibility index (Phi) is 5.03. The van der Waals surface area contributed by atoms with Gasteiger partial charge in [-0.05, 0) is 62.2 Å². The van der Waals surface area contributed by atoms with Gasteiger partial charge in [0.15, 0.2) is 0 Å². The van der Waals surface area contributed by atoms with E-state index in [0.717, 1.165) is 38.5 Å². The van der Waals surface area contributed by atoms with Crippen LogP contribution < -0.4 is 0 Å². The molecule has 0 radical (unpaired) electrons. The van der Waals surface area contributed by atoms with E-state index >= 15 is 0 Å². The zero-order valence-corrected chi connectivity index (χ0v) is 16.5. The van der Waals surface area contributed by atoms with Crippen LogP contribution in [0, 0.1) is 39.9 Å². The molecule has 2 saturated carbocycles. The molecule has 0 saturated heterocycles. The van der Waals surface area contributed by atoms with E-state index in [0.29, 0.717) is 18.3 Å². The standard InChI is InChI=1S/C22H31NO3/c1-14(24)21(3)11-8-19-18(20(21)9-12-23)6-5-16-13-17(26-15(2)25)7-10-22(16,19)4/h5,17-20H,6-11,13H2,1-4H3/t17-,18+,19-,20-,21+,22-/m0/s1. The van der Waals surface area contributed by atoms with Crippen LogP contribution in [0.5, 0.6) is 0 Å². The van der Waals surface area contributed by atoms with Gasteiger partial charge in [-0.15, -0.1) is 0 Å². The summed E-state index contributed by atoms with van der Waals surface area (Å²) >= 11 is 0. The van der Waals surface area contributed by atoms with E-state index in [9.17, 15) is 14.9 Å². The van der Waals surface area contributed by atoms with Crippen LogP contribution in [0.25, 0.3) is 0 Å². The first kappa shape index (κ1) is 19.1. The monoisotopic (exact) mass is 357 g/mol. The summed E-state index contributed by atoms with van der Waals surface area (Å²) in [7, 11) is 0. The lowest BCUT2D eigenvalue weighted by atomic mass is 9.46. The lowest BCUT2D eigenvalue weighted by Gasteiger charge is -2.57. The van der Waals surface area contributed by atoms with Gasteiger partial charge in [-0.3, -0.25) is 9.59 Å². The fourth-order valence-corrected chi connectivity index (χ4v) is 6.19. The minimum atomic E-state index is -0.368. The lowest BCUT2D eigenvalue weighted by molar-refractivity contribution is -0.149. The summed E-state index contributed by atoms with van der Waals surface area (Å²) in [5.41, 5.74) is 1.18. The third-order valence-corrected chi connectivity index (χ3v) is 7.90. The fourth-order valence-electron chi connectivity index (χ4n) is 6.19. The maximum absolute atomic E-state index is 12.4. The topological polar surface area (TPSA) is 67.2 Å². The number of carbonyl (C=O) groups excluding carboxylic acids is 2. The Hall–Kier alpha value is -1.63. The van der Waals surface area contributed by atoms with E-state index in [1.165, 1.54) is 12.5 Å². The first-order valence-corrected chi connectivity index (χ1v) is 9.97. The van der Waals surface area contributed by atoms with E-state index in [2.05, 4.69) is 26.0 Å². The molecule has 0 bridgehead atoms. The Morgan fingerprint density at radius 2 is 2.00 bits per heavy atom. The van der Waals surface area contributed by atoms with E-state index in [-0.39, 0.29) is 34.6 Å². The molecule has 26 heavy (non-hydrogen) atoms. The van der Waals surface area contributed by atoms with E-state index in [4.69, 9.17) is 4.74 Å². The Morgan fingerprint density at radius 1 is 1.27 bits per heavy atom. The van der Waals surface area contributed by atoms with Gasteiger partial charge in [-0.1, -0.05) is 25.5 Å². The Labute approximate surface area is 157 Å². The van der Waals surface area contributed by atoms with Crippen LogP contribution in [-0.2, 0) is 14.3 Å². The van der Waals surface area contributed by atoms with Crippen molar-refractivity contribution in [3.63, 3.8) is 0 Å². The molecule has 3 rings (SSSR count). The van der Waals surface area contributed by atoms with Gasteiger partial charge in [-0.25, -0.2) is 0 Å². The molecule has 0 aromatic rings. The molecule has 4 nitrogen and oxygen atoms in total. The van der Waals surface area contributed by atoms with Crippen molar-refractivity contribution in [1.29, 1.82) is 5.26 Å². The van der Waals surface area contributed by atoms with Crippen molar-refractivity contribution >= 4 is 11.8 Å². The average molecular weight is 357 g/mol. The van der Waals surface area contributed by atoms with Crippen molar-refractivity contribution in [3.8, 4) is 6.07 Å². The van der Waals surface area contributed by atoms with Gasteiger partial charge in [-0.2, -0.15) is 5.26 Å². The smallest absolute Gasteiger partial charge is 0.302 e.